The van der Waals surface area contributed by atoms with Crippen LogP contribution < -0.4 is 5.32 Å². The summed E-state index contributed by atoms with van der Waals surface area (Å²) in [5.41, 5.74) is 1.35. The number of nitrogens with one attached hydrogen (secondary N) is 1. The molecule has 0 unspecified atom stereocenters. The standard InChI is InChI=1S/C15H10Cl3NO/c16-11-8-13(18)14(9-12(11)17)19-15(20)7-6-10-4-2-1-3-5-10/h1-9H,(H,19,20). The van der Waals surface area contributed by atoms with Crippen LogP contribution in [0.2, 0.25) is 15.1 Å². The Morgan fingerprint density at radius 1 is 0.950 bits per heavy atom. The maximum Gasteiger partial charge on any atom is 0.248 e. The highest BCUT2D eigenvalue weighted by atomic mass is 35.5. The molecular weight excluding hydrogens is 317 g/mol. The molecule has 0 saturated heterocycles. The fourth-order valence-electron chi connectivity index (χ4n) is 1.53. The highest BCUT2D eigenvalue weighted by molar-refractivity contribution is 6.44. The molecule has 0 radical (unpaired) electrons. The Hall–Kier alpha value is -1.48. The Balaban J connectivity index is 2.09. The topological polar surface area (TPSA) is 29.1 Å². The number of rotatable bonds is 3. The lowest BCUT2D eigenvalue weighted by atomic mass is 10.2. The Bertz CT molecular complexity index is 654. The molecule has 1 amide bonds. The minimum atomic E-state index is -0.297. The second kappa shape index (κ2) is 6.80. The van der Waals surface area contributed by atoms with Gasteiger partial charge >= 0.3 is 0 Å². The first kappa shape index (κ1) is 14.9. The van der Waals surface area contributed by atoms with Gasteiger partial charge in [0.15, 0.2) is 0 Å². The molecule has 2 aromatic carbocycles. The van der Waals surface area contributed by atoms with Gasteiger partial charge in [-0.25, -0.2) is 0 Å². The van der Waals surface area contributed by atoms with E-state index in [1.54, 1.807) is 6.08 Å². The smallest absolute Gasteiger partial charge is 0.248 e. The van der Waals surface area contributed by atoms with E-state index < -0.39 is 0 Å². The first-order valence-corrected chi connectivity index (χ1v) is 6.88. The second-order valence-electron chi connectivity index (χ2n) is 3.98. The van der Waals surface area contributed by atoms with Gasteiger partial charge in [0.2, 0.25) is 5.91 Å². The Kier molecular flexibility index (Phi) is 5.07. The number of anilines is 1. The summed E-state index contributed by atoms with van der Waals surface area (Å²) in [5.74, 6) is -0.297. The minimum absolute atomic E-state index is 0.297. The third-order valence-electron chi connectivity index (χ3n) is 2.49. The van der Waals surface area contributed by atoms with Crippen molar-refractivity contribution < 1.29 is 4.79 Å². The van der Waals surface area contributed by atoms with Crippen molar-refractivity contribution in [2.24, 2.45) is 0 Å². The molecule has 0 saturated carbocycles. The average molecular weight is 327 g/mol. The van der Waals surface area contributed by atoms with Crippen molar-refractivity contribution in [1.82, 2.24) is 0 Å². The summed E-state index contributed by atoms with van der Waals surface area (Å²) in [6.45, 7) is 0. The number of hydrogen-bond donors (Lipinski definition) is 1. The molecule has 0 fully saturated rings. The number of carbonyl (C=O) groups is 1. The molecule has 0 bridgehead atoms. The van der Waals surface area contributed by atoms with E-state index in [4.69, 9.17) is 34.8 Å². The van der Waals surface area contributed by atoms with Gasteiger partial charge in [-0.1, -0.05) is 65.1 Å². The maximum atomic E-state index is 11.8. The van der Waals surface area contributed by atoms with Crippen LogP contribution in [0.3, 0.4) is 0 Å². The van der Waals surface area contributed by atoms with Gasteiger partial charge in [-0.2, -0.15) is 0 Å². The van der Waals surface area contributed by atoms with Gasteiger partial charge in [-0.05, 0) is 23.8 Å². The van der Waals surface area contributed by atoms with E-state index in [1.165, 1.54) is 18.2 Å². The molecule has 0 atom stereocenters. The summed E-state index contributed by atoms with van der Waals surface area (Å²) in [5, 5.41) is 3.66. The van der Waals surface area contributed by atoms with Crippen LogP contribution >= 0.6 is 34.8 Å². The number of halogens is 3. The van der Waals surface area contributed by atoms with Gasteiger partial charge in [0.25, 0.3) is 0 Å². The number of carbonyl (C=O) groups excluding carboxylic acids is 1. The van der Waals surface area contributed by atoms with Crippen LogP contribution in [-0.4, -0.2) is 5.91 Å². The summed E-state index contributed by atoms with van der Waals surface area (Å²) in [4.78, 5) is 11.8. The van der Waals surface area contributed by atoms with Gasteiger partial charge in [0.1, 0.15) is 0 Å². The van der Waals surface area contributed by atoms with Crippen molar-refractivity contribution in [2.45, 2.75) is 0 Å². The molecule has 0 aliphatic rings. The predicted octanol–water partition coefficient (Wildman–Crippen LogP) is 5.30. The van der Waals surface area contributed by atoms with Crippen LogP contribution in [0.25, 0.3) is 6.08 Å². The largest absolute Gasteiger partial charge is 0.321 e. The van der Waals surface area contributed by atoms with E-state index in [9.17, 15) is 4.79 Å². The molecule has 102 valence electrons. The summed E-state index contributed by atoms with van der Waals surface area (Å²) in [6, 6.07) is 12.5. The van der Waals surface area contributed by atoms with Crippen molar-refractivity contribution in [3.63, 3.8) is 0 Å². The Morgan fingerprint density at radius 3 is 2.30 bits per heavy atom. The molecular formula is C15H10Cl3NO. The SMILES string of the molecule is O=C(C=Cc1ccccc1)Nc1cc(Cl)c(Cl)cc1Cl. The lowest BCUT2D eigenvalue weighted by Crippen LogP contribution is -2.08. The minimum Gasteiger partial charge on any atom is -0.321 e. The molecule has 2 aromatic rings. The van der Waals surface area contributed by atoms with E-state index in [0.717, 1.165) is 5.56 Å². The summed E-state index contributed by atoms with van der Waals surface area (Å²) in [7, 11) is 0. The van der Waals surface area contributed by atoms with Crippen molar-refractivity contribution in [3.05, 3.63) is 69.2 Å². The van der Waals surface area contributed by atoms with Crippen LogP contribution in [0.15, 0.2) is 48.5 Å². The van der Waals surface area contributed by atoms with Crippen molar-refractivity contribution in [1.29, 1.82) is 0 Å². The molecule has 0 spiro atoms. The molecule has 20 heavy (non-hydrogen) atoms. The van der Waals surface area contributed by atoms with Crippen molar-refractivity contribution in [3.8, 4) is 0 Å². The highest BCUT2D eigenvalue weighted by Gasteiger charge is 2.07. The zero-order chi connectivity index (χ0) is 14.5. The molecule has 1 N–H and O–H groups in total. The molecule has 0 aliphatic carbocycles. The molecule has 2 nitrogen and oxygen atoms in total. The summed E-state index contributed by atoms with van der Waals surface area (Å²) >= 11 is 17.7. The first-order chi connectivity index (χ1) is 9.56. The normalized spacial score (nSPS) is 10.8. The highest BCUT2D eigenvalue weighted by Crippen LogP contribution is 2.32. The van der Waals surface area contributed by atoms with E-state index in [2.05, 4.69) is 5.32 Å². The van der Waals surface area contributed by atoms with Crippen LogP contribution in [-0.2, 0) is 4.79 Å². The third-order valence-corrected chi connectivity index (χ3v) is 3.53. The number of benzene rings is 2. The molecule has 0 aromatic heterocycles. The second-order valence-corrected chi connectivity index (χ2v) is 5.20. The molecule has 2 rings (SSSR count). The lowest BCUT2D eigenvalue weighted by molar-refractivity contribution is -0.111. The zero-order valence-electron chi connectivity index (χ0n) is 10.2. The van der Waals surface area contributed by atoms with Gasteiger partial charge < -0.3 is 5.32 Å². The van der Waals surface area contributed by atoms with Gasteiger partial charge in [-0.3, -0.25) is 4.79 Å². The fourth-order valence-corrected chi connectivity index (χ4v) is 2.12. The third kappa shape index (κ3) is 4.01. The van der Waals surface area contributed by atoms with Crippen LogP contribution in [0.1, 0.15) is 5.56 Å². The van der Waals surface area contributed by atoms with Crippen LogP contribution in [0.4, 0.5) is 5.69 Å². The Morgan fingerprint density at radius 2 is 1.60 bits per heavy atom. The van der Waals surface area contributed by atoms with Gasteiger partial charge in [0, 0.05) is 6.08 Å². The molecule has 0 aliphatic heterocycles. The average Bonchev–Trinajstić information content (AvgIpc) is 2.44. The fraction of sp³-hybridized carbons (Fsp3) is 0. The lowest BCUT2D eigenvalue weighted by Gasteiger charge is -2.06. The van der Waals surface area contributed by atoms with Gasteiger partial charge in [0.05, 0.1) is 20.8 Å². The van der Waals surface area contributed by atoms with Crippen molar-refractivity contribution >= 4 is 52.5 Å². The van der Waals surface area contributed by atoms with Crippen molar-refractivity contribution in [2.75, 3.05) is 5.32 Å². The first-order valence-electron chi connectivity index (χ1n) is 5.75. The summed E-state index contributed by atoms with van der Waals surface area (Å²) in [6.07, 6.45) is 3.13. The van der Waals surface area contributed by atoms with E-state index in [-0.39, 0.29) is 5.91 Å². The quantitative estimate of drug-likeness (QED) is 0.602. The monoisotopic (exact) mass is 325 g/mol. The number of amides is 1. The number of hydrogen-bond acceptors (Lipinski definition) is 1. The van der Waals surface area contributed by atoms with Crippen LogP contribution in [0.5, 0.6) is 0 Å². The summed E-state index contributed by atoms with van der Waals surface area (Å²) < 4.78 is 0. The zero-order valence-corrected chi connectivity index (χ0v) is 12.5. The molecule has 5 heteroatoms. The van der Waals surface area contributed by atoms with E-state index in [0.29, 0.717) is 20.8 Å². The predicted molar refractivity (Wildman–Crippen MR) is 85.6 cm³/mol. The van der Waals surface area contributed by atoms with Crippen LogP contribution in [0, 0.1) is 0 Å². The van der Waals surface area contributed by atoms with Gasteiger partial charge in [-0.15, -0.1) is 0 Å². The molecule has 0 heterocycles. The maximum absolute atomic E-state index is 11.8. The van der Waals surface area contributed by atoms with E-state index in [1.807, 2.05) is 30.3 Å². The Labute approximate surface area is 132 Å². The van der Waals surface area contributed by atoms with E-state index >= 15 is 0 Å².